The Kier molecular flexibility index (Phi) is 4.84. The highest BCUT2D eigenvalue weighted by Gasteiger charge is 2.13. The topological polar surface area (TPSA) is 46.1 Å². The second-order valence-electron chi connectivity index (χ2n) is 5.23. The summed E-state index contributed by atoms with van der Waals surface area (Å²) in [7, 11) is 1.84. The van der Waals surface area contributed by atoms with E-state index < -0.39 is 0 Å². The average Bonchev–Trinajstić information content (AvgIpc) is 2.87. The zero-order chi connectivity index (χ0) is 14.5. The Balaban J connectivity index is 2.01. The number of carbonyl (C=O) groups excluding carboxylic acids is 1. The Hall–Kier alpha value is -1.75. The summed E-state index contributed by atoms with van der Waals surface area (Å²) in [4.78, 5) is 22.4. The van der Waals surface area contributed by atoms with Gasteiger partial charge in [0.05, 0.1) is 12.1 Å². The predicted octanol–water partition coefficient (Wildman–Crippen LogP) is 2.86. The van der Waals surface area contributed by atoms with Gasteiger partial charge in [-0.05, 0) is 18.1 Å². The molecule has 0 N–H and O–H groups in total. The van der Waals surface area contributed by atoms with Gasteiger partial charge in [-0.25, -0.2) is 4.98 Å². The Labute approximate surface area is 123 Å². The molecule has 2 heterocycles. The summed E-state index contributed by atoms with van der Waals surface area (Å²) >= 11 is 1.55. The molecule has 0 atom stereocenters. The van der Waals surface area contributed by atoms with Crippen LogP contribution in [-0.4, -0.2) is 34.4 Å². The van der Waals surface area contributed by atoms with Gasteiger partial charge in [0.1, 0.15) is 5.01 Å². The van der Waals surface area contributed by atoms with Crippen molar-refractivity contribution < 1.29 is 4.79 Å². The smallest absolute Gasteiger partial charge is 0.228 e. The van der Waals surface area contributed by atoms with Crippen molar-refractivity contribution in [3.8, 4) is 10.6 Å². The second-order valence-corrected chi connectivity index (χ2v) is 6.09. The number of hydrogen-bond acceptors (Lipinski definition) is 4. The van der Waals surface area contributed by atoms with E-state index in [9.17, 15) is 4.79 Å². The van der Waals surface area contributed by atoms with Crippen LogP contribution in [0.1, 0.15) is 19.5 Å². The molecule has 2 rings (SSSR count). The minimum absolute atomic E-state index is 0.113. The maximum Gasteiger partial charge on any atom is 0.228 e. The van der Waals surface area contributed by atoms with Gasteiger partial charge in [0.2, 0.25) is 5.91 Å². The molecule has 0 spiro atoms. The molecular formula is C15H19N3OS. The number of aromatic nitrogens is 2. The largest absolute Gasteiger partial charge is 0.345 e. The van der Waals surface area contributed by atoms with Gasteiger partial charge in [-0.3, -0.25) is 9.78 Å². The molecule has 2 aromatic heterocycles. The van der Waals surface area contributed by atoms with Crippen LogP contribution in [-0.2, 0) is 11.2 Å². The first-order valence-corrected chi connectivity index (χ1v) is 7.53. The third-order valence-corrected chi connectivity index (χ3v) is 3.80. The highest BCUT2D eigenvalue weighted by Crippen LogP contribution is 2.22. The number of hydrogen-bond donors (Lipinski definition) is 0. The molecular weight excluding hydrogens is 270 g/mol. The van der Waals surface area contributed by atoms with E-state index in [0.717, 1.165) is 22.8 Å². The first-order chi connectivity index (χ1) is 9.56. The van der Waals surface area contributed by atoms with Gasteiger partial charge in [-0.1, -0.05) is 13.8 Å². The standard InChI is InChI=1S/C15H19N3OS/c1-11(2)9-18(3)14(19)7-13-10-20-15(17-13)12-5-4-6-16-8-12/h4-6,8,10-11H,7,9H2,1-3H3. The highest BCUT2D eigenvalue weighted by atomic mass is 32.1. The summed E-state index contributed by atoms with van der Waals surface area (Å²) < 4.78 is 0. The maximum atomic E-state index is 12.1. The molecule has 2 aromatic rings. The number of thiazole rings is 1. The van der Waals surface area contributed by atoms with Crippen molar-refractivity contribution in [2.75, 3.05) is 13.6 Å². The van der Waals surface area contributed by atoms with Crippen LogP contribution >= 0.6 is 11.3 Å². The van der Waals surface area contributed by atoms with Crippen molar-refractivity contribution in [2.24, 2.45) is 5.92 Å². The summed E-state index contributed by atoms with van der Waals surface area (Å²) in [6, 6.07) is 3.86. The molecule has 1 amide bonds. The zero-order valence-electron chi connectivity index (χ0n) is 12.0. The lowest BCUT2D eigenvalue weighted by Crippen LogP contribution is -2.31. The third-order valence-electron chi connectivity index (χ3n) is 2.86. The molecule has 0 aliphatic carbocycles. The summed E-state index contributed by atoms with van der Waals surface area (Å²) in [5.74, 6) is 0.590. The SMILES string of the molecule is CC(C)CN(C)C(=O)Cc1csc(-c2cccnc2)n1. The lowest BCUT2D eigenvalue weighted by atomic mass is 10.2. The normalized spacial score (nSPS) is 10.8. The summed E-state index contributed by atoms with van der Waals surface area (Å²) in [6.45, 7) is 4.98. The van der Waals surface area contributed by atoms with Crippen LogP contribution in [0.3, 0.4) is 0 Å². The molecule has 0 saturated carbocycles. The molecule has 0 fully saturated rings. The van der Waals surface area contributed by atoms with Crippen LogP contribution in [0.5, 0.6) is 0 Å². The van der Waals surface area contributed by atoms with Crippen molar-refractivity contribution >= 4 is 17.2 Å². The molecule has 0 bridgehead atoms. The van der Waals surface area contributed by atoms with E-state index in [1.807, 2.05) is 24.6 Å². The molecule has 0 aliphatic heterocycles. The first-order valence-electron chi connectivity index (χ1n) is 6.65. The van der Waals surface area contributed by atoms with E-state index >= 15 is 0 Å². The first kappa shape index (κ1) is 14.7. The molecule has 0 radical (unpaired) electrons. The van der Waals surface area contributed by atoms with Crippen LogP contribution < -0.4 is 0 Å². The van der Waals surface area contributed by atoms with Gasteiger partial charge in [0.25, 0.3) is 0 Å². The van der Waals surface area contributed by atoms with Crippen molar-refractivity contribution in [1.82, 2.24) is 14.9 Å². The minimum Gasteiger partial charge on any atom is -0.345 e. The van der Waals surface area contributed by atoms with E-state index in [-0.39, 0.29) is 5.91 Å². The Morgan fingerprint density at radius 2 is 2.25 bits per heavy atom. The van der Waals surface area contributed by atoms with Crippen molar-refractivity contribution in [3.05, 3.63) is 35.6 Å². The summed E-state index contributed by atoms with van der Waals surface area (Å²) in [5.41, 5.74) is 1.82. The van der Waals surface area contributed by atoms with E-state index in [2.05, 4.69) is 23.8 Å². The van der Waals surface area contributed by atoms with Gasteiger partial charge >= 0.3 is 0 Å². The lowest BCUT2D eigenvalue weighted by molar-refractivity contribution is -0.129. The molecule has 106 valence electrons. The van der Waals surface area contributed by atoms with Crippen molar-refractivity contribution in [1.29, 1.82) is 0 Å². The number of pyridine rings is 1. The molecule has 0 saturated heterocycles. The zero-order valence-corrected chi connectivity index (χ0v) is 12.9. The van der Waals surface area contributed by atoms with E-state index in [1.165, 1.54) is 0 Å². The fourth-order valence-corrected chi connectivity index (χ4v) is 2.76. The molecule has 0 aliphatic rings. The van der Waals surface area contributed by atoms with Crippen molar-refractivity contribution in [3.63, 3.8) is 0 Å². The quantitative estimate of drug-likeness (QED) is 0.850. The molecule has 4 nitrogen and oxygen atoms in total. The highest BCUT2D eigenvalue weighted by molar-refractivity contribution is 7.13. The van der Waals surface area contributed by atoms with Gasteiger partial charge < -0.3 is 4.90 Å². The van der Waals surface area contributed by atoms with Gasteiger partial charge in [0, 0.05) is 36.9 Å². The summed E-state index contributed by atoms with van der Waals surface area (Å²) in [5, 5.41) is 2.86. The molecule has 0 aromatic carbocycles. The van der Waals surface area contributed by atoms with E-state index in [1.54, 1.807) is 28.6 Å². The fourth-order valence-electron chi connectivity index (χ4n) is 1.95. The molecule has 0 unspecified atom stereocenters. The predicted molar refractivity (Wildman–Crippen MR) is 81.5 cm³/mol. The number of nitrogens with zero attached hydrogens (tertiary/aromatic N) is 3. The average molecular weight is 289 g/mol. The van der Waals surface area contributed by atoms with Crippen LogP contribution in [0.25, 0.3) is 10.6 Å². The number of carbonyl (C=O) groups is 1. The number of rotatable bonds is 5. The van der Waals surface area contributed by atoms with Crippen LogP contribution in [0, 0.1) is 5.92 Å². The fraction of sp³-hybridized carbons (Fsp3) is 0.400. The van der Waals surface area contributed by atoms with E-state index in [0.29, 0.717) is 12.3 Å². The number of likely N-dealkylation sites (N-methyl/N-ethyl adjacent to an activating group) is 1. The third kappa shape index (κ3) is 3.87. The molecule has 20 heavy (non-hydrogen) atoms. The van der Waals surface area contributed by atoms with Crippen LogP contribution in [0.15, 0.2) is 29.9 Å². The Morgan fingerprint density at radius 1 is 1.45 bits per heavy atom. The Bertz CT molecular complexity index is 566. The van der Waals surface area contributed by atoms with E-state index in [4.69, 9.17) is 0 Å². The lowest BCUT2D eigenvalue weighted by Gasteiger charge is -2.18. The number of amides is 1. The Morgan fingerprint density at radius 3 is 2.90 bits per heavy atom. The van der Waals surface area contributed by atoms with Crippen LogP contribution in [0.2, 0.25) is 0 Å². The maximum absolute atomic E-state index is 12.1. The van der Waals surface area contributed by atoms with Gasteiger partial charge in [-0.15, -0.1) is 11.3 Å². The van der Waals surface area contributed by atoms with Gasteiger partial charge in [0.15, 0.2) is 0 Å². The summed E-state index contributed by atoms with van der Waals surface area (Å²) in [6.07, 6.45) is 3.89. The van der Waals surface area contributed by atoms with Gasteiger partial charge in [-0.2, -0.15) is 0 Å². The second kappa shape index (κ2) is 6.61. The minimum atomic E-state index is 0.113. The van der Waals surface area contributed by atoms with Crippen molar-refractivity contribution in [2.45, 2.75) is 20.3 Å². The monoisotopic (exact) mass is 289 g/mol. The van der Waals surface area contributed by atoms with Crippen LogP contribution in [0.4, 0.5) is 0 Å². The molecule has 5 heteroatoms.